The summed E-state index contributed by atoms with van der Waals surface area (Å²) < 4.78 is 5.20. The van der Waals surface area contributed by atoms with Crippen molar-refractivity contribution in [1.82, 2.24) is 0 Å². The number of rotatable bonds is 4. The zero-order chi connectivity index (χ0) is 11.2. The summed E-state index contributed by atoms with van der Waals surface area (Å²) >= 11 is 0. The Bertz CT molecular complexity index is 467. The molecule has 2 aromatic rings. The molecule has 0 atom stereocenters. The van der Waals surface area contributed by atoms with Crippen molar-refractivity contribution in [3.63, 3.8) is 0 Å². The second-order valence-electron chi connectivity index (χ2n) is 3.43. The van der Waals surface area contributed by atoms with Crippen LogP contribution in [0.4, 0.5) is 0 Å². The normalized spacial score (nSPS) is 11.4. The average Bonchev–Trinajstić information content (AvgIpc) is 2.84. The molecule has 0 spiro atoms. The molecule has 0 saturated carbocycles. The Hall–Kier alpha value is -2.09. The molecule has 2 rings (SSSR count). The van der Waals surface area contributed by atoms with Gasteiger partial charge in [-0.3, -0.25) is 4.79 Å². The summed E-state index contributed by atoms with van der Waals surface area (Å²) in [6.45, 7) is 0. The number of carbonyl (C=O) groups excluding carboxylic acids is 1. The van der Waals surface area contributed by atoms with Crippen molar-refractivity contribution in [3.8, 4) is 0 Å². The van der Waals surface area contributed by atoms with Crippen molar-refractivity contribution in [2.24, 2.45) is 0 Å². The first-order chi connectivity index (χ1) is 7.90. The summed E-state index contributed by atoms with van der Waals surface area (Å²) in [6, 6.07) is 13.3. The first-order valence-electron chi connectivity index (χ1n) is 5.13. The molecule has 0 aliphatic rings. The number of hydrogen-bond acceptors (Lipinski definition) is 2. The number of carbonyl (C=O) groups is 1. The predicted octanol–water partition coefficient (Wildman–Crippen LogP) is 3.10. The van der Waals surface area contributed by atoms with Crippen LogP contribution in [0, 0.1) is 0 Å². The largest absolute Gasteiger partial charge is 0.469 e. The maximum absolute atomic E-state index is 11.0. The van der Waals surface area contributed by atoms with Gasteiger partial charge in [0.25, 0.3) is 0 Å². The molecule has 0 aliphatic carbocycles. The Labute approximate surface area is 94.2 Å². The molecule has 16 heavy (non-hydrogen) atoms. The van der Waals surface area contributed by atoms with E-state index in [0.717, 1.165) is 17.6 Å². The Balaban J connectivity index is 2.17. The van der Waals surface area contributed by atoms with Gasteiger partial charge in [-0.2, -0.15) is 0 Å². The van der Waals surface area contributed by atoms with Crippen molar-refractivity contribution in [3.05, 3.63) is 66.1 Å². The highest BCUT2D eigenvalue weighted by Crippen LogP contribution is 2.13. The lowest BCUT2D eigenvalue weighted by Crippen LogP contribution is -1.87. The molecule has 80 valence electrons. The van der Waals surface area contributed by atoms with E-state index in [-0.39, 0.29) is 0 Å². The predicted molar refractivity (Wildman–Crippen MR) is 62.9 cm³/mol. The van der Waals surface area contributed by atoms with Crippen LogP contribution in [0.25, 0.3) is 5.57 Å². The molecule has 0 unspecified atom stereocenters. The van der Waals surface area contributed by atoms with Gasteiger partial charge in [0.05, 0.1) is 6.26 Å². The minimum absolute atomic E-state index is 0.635. The van der Waals surface area contributed by atoms with Gasteiger partial charge in [0.15, 0.2) is 0 Å². The fourth-order valence-corrected chi connectivity index (χ4v) is 1.50. The number of hydrogen-bond donors (Lipinski definition) is 0. The van der Waals surface area contributed by atoms with E-state index in [2.05, 4.69) is 0 Å². The maximum atomic E-state index is 11.0. The number of allylic oxidation sites excluding steroid dienone is 2. The van der Waals surface area contributed by atoms with Crippen LogP contribution >= 0.6 is 0 Å². The Morgan fingerprint density at radius 3 is 2.56 bits per heavy atom. The summed E-state index contributed by atoms with van der Waals surface area (Å²) in [5, 5.41) is 0. The molecule has 1 aromatic heterocycles. The van der Waals surface area contributed by atoms with Gasteiger partial charge in [0.2, 0.25) is 0 Å². The van der Waals surface area contributed by atoms with Crippen LogP contribution in [0.15, 0.2) is 59.2 Å². The quantitative estimate of drug-likeness (QED) is 0.575. The molecule has 0 radical (unpaired) electrons. The third kappa shape index (κ3) is 2.48. The Morgan fingerprint density at radius 1 is 1.12 bits per heavy atom. The van der Waals surface area contributed by atoms with Crippen LogP contribution in [0.2, 0.25) is 0 Å². The third-order valence-electron chi connectivity index (χ3n) is 2.34. The van der Waals surface area contributed by atoms with Crippen LogP contribution in [0.3, 0.4) is 0 Å². The lowest BCUT2D eigenvalue weighted by atomic mass is 10.1. The zero-order valence-corrected chi connectivity index (χ0v) is 8.80. The van der Waals surface area contributed by atoms with Gasteiger partial charge >= 0.3 is 0 Å². The summed E-state index contributed by atoms with van der Waals surface area (Å²) in [7, 11) is 0. The average molecular weight is 212 g/mol. The number of furan rings is 1. The van der Waals surface area contributed by atoms with E-state index in [0.29, 0.717) is 12.0 Å². The third-order valence-corrected chi connectivity index (χ3v) is 2.34. The van der Waals surface area contributed by atoms with E-state index in [1.807, 2.05) is 48.5 Å². The molecule has 1 aromatic carbocycles. The molecule has 0 saturated heterocycles. The number of benzene rings is 1. The fourth-order valence-electron chi connectivity index (χ4n) is 1.50. The van der Waals surface area contributed by atoms with E-state index in [4.69, 9.17) is 4.42 Å². The SMILES string of the molecule is O=CC(=CCc1ccco1)c1ccccc1. The van der Waals surface area contributed by atoms with Crippen LogP contribution in [-0.4, -0.2) is 6.29 Å². The standard InChI is InChI=1S/C14H12O2/c15-11-13(12-5-2-1-3-6-12)8-9-14-7-4-10-16-14/h1-8,10-11H,9H2. The first kappa shape index (κ1) is 10.4. The molecule has 0 N–H and O–H groups in total. The zero-order valence-electron chi connectivity index (χ0n) is 8.80. The molecule has 0 bridgehead atoms. The van der Waals surface area contributed by atoms with E-state index >= 15 is 0 Å². The lowest BCUT2D eigenvalue weighted by Gasteiger charge is -1.98. The van der Waals surface area contributed by atoms with Crippen molar-refractivity contribution >= 4 is 11.9 Å². The minimum atomic E-state index is 0.635. The highest BCUT2D eigenvalue weighted by Gasteiger charge is 1.99. The van der Waals surface area contributed by atoms with Crippen LogP contribution < -0.4 is 0 Å². The van der Waals surface area contributed by atoms with Crippen molar-refractivity contribution in [1.29, 1.82) is 0 Å². The van der Waals surface area contributed by atoms with Gasteiger partial charge in [-0.25, -0.2) is 0 Å². The van der Waals surface area contributed by atoms with E-state index < -0.39 is 0 Å². The second-order valence-corrected chi connectivity index (χ2v) is 3.43. The topological polar surface area (TPSA) is 30.2 Å². The smallest absolute Gasteiger partial charge is 0.150 e. The maximum Gasteiger partial charge on any atom is 0.150 e. The summed E-state index contributed by atoms with van der Waals surface area (Å²) in [5.41, 5.74) is 1.63. The van der Waals surface area contributed by atoms with E-state index in [1.54, 1.807) is 6.26 Å². The van der Waals surface area contributed by atoms with Crippen LogP contribution in [-0.2, 0) is 11.2 Å². The van der Waals surface area contributed by atoms with E-state index in [9.17, 15) is 4.79 Å². The number of aldehydes is 1. The second kappa shape index (κ2) is 5.12. The van der Waals surface area contributed by atoms with E-state index in [1.165, 1.54) is 0 Å². The van der Waals surface area contributed by atoms with Crippen molar-refractivity contribution < 1.29 is 9.21 Å². The van der Waals surface area contributed by atoms with Gasteiger partial charge < -0.3 is 4.42 Å². The van der Waals surface area contributed by atoms with Crippen LogP contribution in [0.1, 0.15) is 11.3 Å². The van der Waals surface area contributed by atoms with Gasteiger partial charge in [0, 0.05) is 12.0 Å². The molecule has 0 aliphatic heterocycles. The molecule has 2 heteroatoms. The summed E-state index contributed by atoms with van der Waals surface area (Å²) in [5.74, 6) is 0.857. The van der Waals surface area contributed by atoms with Gasteiger partial charge in [0.1, 0.15) is 12.0 Å². The molecule has 0 amide bonds. The molecule has 1 heterocycles. The van der Waals surface area contributed by atoms with Crippen LogP contribution in [0.5, 0.6) is 0 Å². The minimum Gasteiger partial charge on any atom is -0.469 e. The Morgan fingerprint density at radius 2 is 1.94 bits per heavy atom. The highest BCUT2D eigenvalue weighted by molar-refractivity contribution is 6.06. The monoisotopic (exact) mass is 212 g/mol. The molecular formula is C14H12O2. The molecular weight excluding hydrogens is 200 g/mol. The van der Waals surface area contributed by atoms with Gasteiger partial charge in [-0.1, -0.05) is 36.4 Å². The molecule has 0 fully saturated rings. The van der Waals surface area contributed by atoms with Gasteiger partial charge in [-0.05, 0) is 17.7 Å². The first-order valence-corrected chi connectivity index (χ1v) is 5.13. The summed E-state index contributed by atoms with van der Waals surface area (Å²) in [4.78, 5) is 11.0. The van der Waals surface area contributed by atoms with Crippen molar-refractivity contribution in [2.75, 3.05) is 0 Å². The van der Waals surface area contributed by atoms with Gasteiger partial charge in [-0.15, -0.1) is 0 Å². The molecule has 2 nitrogen and oxygen atoms in total. The highest BCUT2D eigenvalue weighted by atomic mass is 16.3. The Kier molecular flexibility index (Phi) is 3.34. The summed E-state index contributed by atoms with van der Waals surface area (Å²) in [6.07, 6.45) is 5.02. The fraction of sp³-hybridized carbons (Fsp3) is 0.0714. The lowest BCUT2D eigenvalue weighted by molar-refractivity contribution is -0.103. The van der Waals surface area contributed by atoms with Crippen molar-refractivity contribution in [2.45, 2.75) is 6.42 Å².